The van der Waals surface area contributed by atoms with Crippen LogP contribution < -0.4 is 20.1 Å². The average molecular weight is 564 g/mol. The maximum atomic E-state index is 12.6. The number of thioether (sulfide) groups is 1. The molecule has 1 amide bonds. The van der Waals surface area contributed by atoms with E-state index in [9.17, 15) is 4.79 Å². The number of carbonyl (C=O) groups is 1. The van der Waals surface area contributed by atoms with Gasteiger partial charge in [0.15, 0.2) is 17.0 Å². The fourth-order valence-electron chi connectivity index (χ4n) is 3.57. The zero-order chi connectivity index (χ0) is 25.7. The molecular formula is C27H25Cl3N2O3S. The highest BCUT2D eigenvalue weighted by Gasteiger charge is 2.27. The molecule has 3 aromatic rings. The Balaban J connectivity index is 1.50. The molecule has 0 radical (unpaired) electrons. The quantitative estimate of drug-likeness (QED) is 0.260. The van der Waals surface area contributed by atoms with Gasteiger partial charge in [-0.15, -0.1) is 0 Å². The van der Waals surface area contributed by atoms with E-state index in [0.717, 1.165) is 23.2 Å². The summed E-state index contributed by atoms with van der Waals surface area (Å²) in [6, 6.07) is 16.9. The normalized spacial score (nSPS) is 16.2. The number of hydrogen-bond donors (Lipinski definition) is 2. The lowest BCUT2D eigenvalue weighted by Crippen LogP contribution is -2.30. The Hall–Kier alpha value is -2.51. The highest BCUT2D eigenvalue weighted by molar-refractivity contribution is 8.05. The molecule has 188 valence electrons. The van der Waals surface area contributed by atoms with Gasteiger partial charge in [0.1, 0.15) is 6.61 Å². The van der Waals surface area contributed by atoms with E-state index < -0.39 is 0 Å². The molecule has 0 aliphatic carbocycles. The van der Waals surface area contributed by atoms with Crippen LogP contribution in [0.4, 0.5) is 5.69 Å². The van der Waals surface area contributed by atoms with Crippen LogP contribution in [-0.4, -0.2) is 18.0 Å². The maximum Gasteiger partial charge on any atom is 0.260 e. The second-order valence-electron chi connectivity index (χ2n) is 7.96. The molecule has 2 N–H and O–H groups in total. The summed E-state index contributed by atoms with van der Waals surface area (Å²) in [5.41, 5.74) is 3.42. The summed E-state index contributed by atoms with van der Waals surface area (Å²) in [5.74, 6) is 0.732. The van der Waals surface area contributed by atoms with Crippen LogP contribution in [0.2, 0.25) is 15.1 Å². The van der Waals surface area contributed by atoms with E-state index in [0.29, 0.717) is 38.1 Å². The molecule has 1 atom stereocenters. The van der Waals surface area contributed by atoms with Crippen molar-refractivity contribution in [2.75, 3.05) is 11.9 Å². The third kappa shape index (κ3) is 6.62. The van der Waals surface area contributed by atoms with Gasteiger partial charge in [0.05, 0.1) is 16.5 Å². The van der Waals surface area contributed by atoms with Gasteiger partial charge in [-0.3, -0.25) is 4.79 Å². The number of anilines is 1. The first-order valence-electron chi connectivity index (χ1n) is 11.4. The Morgan fingerprint density at radius 3 is 2.47 bits per heavy atom. The maximum absolute atomic E-state index is 12.6. The number of ether oxygens (including phenoxy) is 2. The van der Waals surface area contributed by atoms with Crippen molar-refractivity contribution in [1.29, 1.82) is 0 Å². The van der Waals surface area contributed by atoms with E-state index in [2.05, 4.69) is 29.7 Å². The van der Waals surface area contributed by atoms with E-state index in [4.69, 9.17) is 44.3 Å². The fraction of sp³-hybridized carbons (Fsp3) is 0.222. The van der Waals surface area contributed by atoms with Gasteiger partial charge in [-0.05, 0) is 66.9 Å². The minimum Gasteiger partial charge on any atom is -0.490 e. The van der Waals surface area contributed by atoms with Crippen LogP contribution in [0.1, 0.15) is 30.5 Å². The van der Waals surface area contributed by atoms with Crippen molar-refractivity contribution in [3.8, 4) is 11.5 Å². The molecular weight excluding hydrogens is 539 g/mol. The summed E-state index contributed by atoms with van der Waals surface area (Å²) in [6.45, 7) is 4.61. The van der Waals surface area contributed by atoms with E-state index >= 15 is 0 Å². The monoisotopic (exact) mass is 562 g/mol. The molecule has 36 heavy (non-hydrogen) atoms. The van der Waals surface area contributed by atoms with E-state index in [1.165, 1.54) is 17.3 Å². The zero-order valence-corrected chi connectivity index (χ0v) is 22.8. The second kappa shape index (κ2) is 12.2. The minimum atomic E-state index is -0.273. The predicted molar refractivity (Wildman–Crippen MR) is 150 cm³/mol. The number of carbonyl (C=O) groups excluding carboxylic acids is 1. The third-order valence-electron chi connectivity index (χ3n) is 5.41. The van der Waals surface area contributed by atoms with Crippen molar-refractivity contribution in [3.05, 3.63) is 91.3 Å². The highest BCUT2D eigenvalue weighted by Crippen LogP contribution is 2.39. The Morgan fingerprint density at radius 1 is 1.00 bits per heavy atom. The molecule has 1 aliphatic heterocycles. The zero-order valence-electron chi connectivity index (χ0n) is 19.7. The van der Waals surface area contributed by atoms with E-state index in [-0.39, 0.29) is 18.0 Å². The van der Waals surface area contributed by atoms with Gasteiger partial charge in [0, 0.05) is 21.3 Å². The van der Waals surface area contributed by atoms with Gasteiger partial charge in [-0.2, -0.15) is 0 Å². The Morgan fingerprint density at radius 2 is 1.78 bits per heavy atom. The fourth-order valence-corrected chi connectivity index (χ4v) is 5.29. The Kier molecular flexibility index (Phi) is 8.96. The van der Waals surface area contributed by atoms with E-state index in [1.807, 2.05) is 19.1 Å². The molecule has 0 spiro atoms. The summed E-state index contributed by atoms with van der Waals surface area (Å²) < 4.78 is 11.8. The number of rotatable bonds is 9. The van der Waals surface area contributed by atoms with Gasteiger partial charge in [0.25, 0.3) is 5.91 Å². The number of benzene rings is 3. The number of amides is 1. The summed E-state index contributed by atoms with van der Waals surface area (Å²) in [6.07, 6.45) is 2.77. The number of nitrogens with one attached hydrogen (secondary N) is 2. The van der Waals surface area contributed by atoms with Crippen LogP contribution in [-0.2, 0) is 17.8 Å². The lowest BCUT2D eigenvalue weighted by Gasteiger charge is -2.15. The van der Waals surface area contributed by atoms with Crippen molar-refractivity contribution in [2.24, 2.45) is 0 Å². The molecule has 3 aromatic carbocycles. The molecule has 0 saturated carbocycles. The van der Waals surface area contributed by atoms with Crippen LogP contribution in [0.5, 0.6) is 11.5 Å². The number of hydrogen-bond acceptors (Lipinski definition) is 5. The second-order valence-corrected chi connectivity index (χ2v) is 10.4. The van der Waals surface area contributed by atoms with Crippen LogP contribution in [0.15, 0.2) is 59.5 Å². The smallest absolute Gasteiger partial charge is 0.260 e. The van der Waals surface area contributed by atoms with Crippen molar-refractivity contribution in [2.45, 2.75) is 32.4 Å². The average Bonchev–Trinajstić information content (AvgIpc) is 3.18. The largest absolute Gasteiger partial charge is 0.490 e. The van der Waals surface area contributed by atoms with Gasteiger partial charge >= 0.3 is 0 Å². The lowest BCUT2D eigenvalue weighted by molar-refractivity contribution is -0.116. The Bertz CT molecular complexity index is 1280. The molecule has 1 heterocycles. The molecule has 4 rings (SSSR count). The summed E-state index contributed by atoms with van der Waals surface area (Å²) >= 11 is 20.2. The topological polar surface area (TPSA) is 59.6 Å². The van der Waals surface area contributed by atoms with Gasteiger partial charge in [-0.25, -0.2) is 0 Å². The van der Waals surface area contributed by atoms with Crippen LogP contribution in [0, 0.1) is 0 Å². The molecule has 1 fully saturated rings. The SMILES string of the molecule is CCOc1cc(/C=C2\S[C@@H](Nc3ccc(CC)cc3)NC2=O)cc(Cl)c1OCc1ccc(Cl)cc1Cl. The summed E-state index contributed by atoms with van der Waals surface area (Å²) in [5, 5.41) is 7.70. The van der Waals surface area contributed by atoms with Crippen molar-refractivity contribution in [3.63, 3.8) is 0 Å². The predicted octanol–water partition coefficient (Wildman–Crippen LogP) is 7.79. The summed E-state index contributed by atoms with van der Waals surface area (Å²) in [7, 11) is 0. The van der Waals surface area contributed by atoms with Gasteiger partial charge in [0.2, 0.25) is 0 Å². The Labute approximate surface area is 230 Å². The molecule has 0 bridgehead atoms. The van der Waals surface area contributed by atoms with Crippen LogP contribution in [0.3, 0.4) is 0 Å². The third-order valence-corrected chi connectivity index (χ3v) is 7.30. The molecule has 0 unspecified atom stereocenters. The van der Waals surface area contributed by atoms with Crippen LogP contribution in [0.25, 0.3) is 6.08 Å². The molecule has 0 aromatic heterocycles. The van der Waals surface area contributed by atoms with Crippen molar-refractivity contribution < 1.29 is 14.3 Å². The molecule has 1 aliphatic rings. The lowest BCUT2D eigenvalue weighted by atomic mass is 10.1. The molecule has 1 saturated heterocycles. The first-order valence-corrected chi connectivity index (χ1v) is 13.5. The van der Waals surface area contributed by atoms with Gasteiger partial charge in [-0.1, -0.05) is 71.7 Å². The number of halogens is 3. The minimum absolute atomic E-state index is 0.158. The first kappa shape index (κ1) is 26.6. The molecule has 9 heteroatoms. The summed E-state index contributed by atoms with van der Waals surface area (Å²) in [4.78, 5) is 13.2. The first-order chi connectivity index (χ1) is 17.4. The van der Waals surface area contributed by atoms with Crippen LogP contribution >= 0.6 is 46.6 Å². The highest BCUT2D eigenvalue weighted by atomic mass is 35.5. The van der Waals surface area contributed by atoms with Gasteiger partial charge < -0.3 is 20.1 Å². The number of aryl methyl sites for hydroxylation is 1. The molecule has 5 nitrogen and oxygen atoms in total. The van der Waals surface area contributed by atoms with E-state index in [1.54, 1.807) is 36.4 Å². The van der Waals surface area contributed by atoms with Crippen molar-refractivity contribution >= 4 is 64.2 Å². The van der Waals surface area contributed by atoms with Crippen molar-refractivity contribution in [1.82, 2.24) is 5.32 Å². The standard InChI is InChI=1S/C27H25Cl3N2O3S/c1-3-16-5-9-20(10-6-16)31-27-32-26(33)24(36-27)13-17-11-22(30)25(23(12-17)34-4-2)35-15-18-7-8-19(28)14-21(18)29/h5-14,27,31H,3-4,15H2,1-2H3,(H,32,33)/b24-13-/t27-/m0/s1.